The van der Waals surface area contributed by atoms with Crippen molar-refractivity contribution in [1.29, 1.82) is 0 Å². The van der Waals surface area contributed by atoms with Crippen LogP contribution in [0.15, 0.2) is 0 Å². The van der Waals surface area contributed by atoms with Crippen molar-refractivity contribution in [2.75, 3.05) is 13.2 Å². The normalized spacial score (nSPS) is 12.0. The molecule has 0 saturated carbocycles. The van der Waals surface area contributed by atoms with Crippen molar-refractivity contribution in [1.82, 2.24) is 0 Å². The molecule has 0 N–H and O–H groups in total. The van der Waals surface area contributed by atoms with Crippen LogP contribution >= 0.6 is 0 Å². The molecule has 0 aromatic rings. The molecule has 1 nitrogen and oxygen atoms in total. The van der Waals surface area contributed by atoms with Crippen molar-refractivity contribution < 1.29 is 4.74 Å². The fraction of sp³-hybridized carbons (Fsp3) is 0.933. The second-order valence-electron chi connectivity index (χ2n) is 5.90. The number of unbranched alkanes of at least 4 members (excludes halogenated alkanes) is 6. The molecule has 0 amide bonds. The van der Waals surface area contributed by atoms with Gasteiger partial charge in [0.25, 0.3) is 0 Å². The van der Waals surface area contributed by atoms with Gasteiger partial charge in [0.15, 0.2) is 0 Å². The van der Waals surface area contributed by atoms with Gasteiger partial charge in [0.05, 0.1) is 0 Å². The van der Waals surface area contributed by atoms with Crippen molar-refractivity contribution in [3.63, 3.8) is 0 Å². The Balaban J connectivity index is 2.99. The summed E-state index contributed by atoms with van der Waals surface area (Å²) in [6.45, 7) is 12.5. The van der Waals surface area contributed by atoms with Crippen molar-refractivity contribution in [2.24, 2.45) is 5.41 Å². The molecular formula is C15H31O. The van der Waals surface area contributed by atoms with E-state index < -0.39 is 0 Å². The molecule has 0 spiro atoms. The molecule has 0 aromatic carbocycles. The topological polar surface area (TPSA) is 9.23 Å². The van der Waals surface area contributed by atoms with Crippen LogP contribution in [-0.4, -0.2) is 13.2 Å². The molecule has 0 aromatic heterocycles. The van der Waals surface area contributed by atoms with Crippen molar-refractivity contribution in [3.05, 3.63) is 6.92 Å². The van der Waals surface area contributed by atoms with Crippen LogP contribution in [0.25, 0.3) is 0 Å². The first kappa shape index (κ1) is 16.0. The van der Waals surface area contributed by atoms with E-state index >= 15 is 0 Å². The first-order chi connectivity index (χ1) is 7.56. The molecule has 0 atom stereocenters. The lowest BCUT2D eigenvalue weighted by molar-refractivity contribution is 0.105. The number of hydrogen-bond donors (Lipinski definition) is 0. The second-order valence-corrected chi connectivity index (χ2v) is 5.90. The predicted octanol–water partition coefficient (Wildman–Crippen LogP) is 5.00. The highest BCUT2D eigenvalue weighted by molar-refractivity contribution is 4.59. The molecule has 97 valence electrons. The molecule has 0 aliphatic heterocycles. The van der Waals surface area contributed by atoms with Gasteiger partial charge in [0.1, 0.15) is 0 Å². The van der Waals surface area contributed by atoms with Crippen LogP contribution in [0.2, 0.25) is 0 Å². The van der Waals surface area contributed by atoms with Crippen molar-refractivity contribution in [2.45, 2.75) is 72.1 Å². The van der Waals surface area contributed by atoms with E-state index in [1.807, 2.05) is 0 Å². The van der Waals surface area contributed by atoms with Crippen LogP contribution in [0, 0.1) is 12.3 Å². The lowest BCUT2D eigenvalue weighted by Crippen LogP contribution is -2.09. The van der Waals surface area contributed by atoms with Crippen molar-refractivity contribution in [3.8, 4) is 0 Å². The van der Waals surface area contributed by atoms with Gasteiger partial charge in [-0.05, 0) is 18.3 Å². The second kappa shape index (κ2) is 10.1. The summed E-state index contributed by atoms with van der Waals surface area (Å²) < 4.78 is 5.63. The summed E-state index contributed by atoms with van der Waals surface area (Å²) in [4.78, 5) is 0. The highest BCUT2D eigenvalue weighted by atomic mass is 16.5. The lowest BCUT2D eigenvalue weighted by atomic mass is 9.93. The Kier molecular flexibility index (Phi) is 10.1. The Morgan fingerprint density at radius 2 is 1.38 bits per heavy atom. The van der Waals surface area contributed by atoms with Gasteiger partial charge < -0.3 is 4.74 Å². The van der Waals surface area contributed by atoms with Gasteiger partial charge >= 0.3 is 0 Å². The van der Waals surface area contributed by atoms with E-state index in [0.717, 1.165) is 26.1 Å². The van der Waals surface area contributed by atoms with Crippen molar-refractivity contribution >= 4 is 0 Å². The first-order valence-corrected chi connectivity index (χ1v) is 6.93. The Hall–Kier alpha value is -0.0400. The maximum atomic E-state index is 5.63. The number of ether oxygens (including phenoxy) is 1. The molecule has 0 saturated heterocycles. The minimum atomic E-state index is 0.411. The Morgan fingerprint density at radius 3 is 1.94 bits per heavy atom. The van der Waals surface area contributed by atoms with E-state index in [1.54, 1.807) is 0 Å². The van der Waals surface area contributed by atoms with Crippen LogP contribution in [0.5, 0.6) is 0 Å². The Morgan fingerprint density at radius 1 is 0.812 bits per heavy atom. The largest absolute Gasteiger partial charge is 0.381 e. The highest BCUT2D eigenvalue weighted by Crippen LogP contribution is 2.18. The standard InChI is InChI=1S/C15H31O/c1-5-6-7-8-9-10-11-13-16-14-12-15(2,3)4/h1,5-14H2,2-4H3. The molecule has 0 bridgehead atoms. The van der Waals surface area contributed by atoms with Crippen LogP contribution < -0.4 is 0 Å². The third kappa shape index (κ3) is 14.0. The van der Waals surface area contributed by atoms with E-state index in [4.69, 9.17) is 4.74 Å². The maximum Gasteiger partial charge on any atom is 0.0471 e. The lowest BCUT2D eigenvalue weighted by Gasteiger charge is -2.17. The smallest absolute Gasteiger partial charge is 0.0471 e. The maximum absolute atomic E-state index is 5.63. The highest BCUT2D eigenvalue weighted by Gasteiger charge is 2.08. The zero-order chi connectivity index (χ0) is 12.3. The number of rotatable bonds is 10. The zero-order valence-corrected chi connectivity index (χ0v) is 11.7. The summed E-state index contributed by atoms with van der Waals surface area (Å²) in [5.41, 5.74) is 0.411. The molecule has 1 radical (unpaired) electrons. The molecule has 0 fully saturated rings. The zero-order valence-electron chi connectivity index (χ0n) is 11.7. The fourth-order valence-electron chi connectivity index (χ4n) is 1.57. The summed E-state index contributed by atoms with van der Waals surface area (Å²) in [6.07, 6.45) is 10.2. The average molecular weight is 227 g/mol. The predicted molar refractivity (Wildman–Crippen MR) is 72.6 cm³/mol. The van der Waals surface area contributed by atoms with Crippen LogP contribution in [0.1, 0.15) is 72.1 Å². The van der Waals surface area contributed by atoms with E-state index in [1.165, 1.54) is 38.5 Å². The monoisotopic (exact) mass is 227 g/mol. The molecular weight excluding hydrogens is 196 g/mol. The average Bonchev–Trinajstić information content (AvgIpc) is 2.19. The van der Waals surface area contributed by atoms with Gasteiger partial charge in [0.2, 0.25) is 0 Å². The summed E-state index contributed by atoms with van der Waals surface area (Å²) in [5, 5.41) is 0. The third-order valence-corrected chi connectivity index (χ3v) is 2.79. The first-order valence-electron chi connectivity index (χ1n) is 6.93. The Bertz CT molecular complexity index is 135. The van der Waals surface area contributed by atoms with Crippen LogP contribution in [-0.2, 0) is 4.74 Å². The molecule has 0 heterocycles. The molecule has 1 heteroatoms. The van der Waals surface area contributed by atoms with Gasteiger partial charge in [-0.25, -0.2) is 0 Å². The number of hydrogen-bond acceptors (Lipinski definition) is 1. The van der Waals surface area contributed by atoms with E-state index in [-0.39, 0.29) is 0 Å². The van der Waals surface area contributed by atoms with E-state index in [0.29, 0.717) is 5.41 Å². The molecule has 16 heavy (non-hydrogen) atoms. The molecule has 0 aliphatic rings. The van der Waals surface area contributed by atoms with Gasteiger partial charge in [-0.15, -0.1) is 0 Å². The molecule has 0 rings (SSSR count). The Labute approximate surface area is 103 Å². The summed E-state index contributed by atoms with van der Waals surface area (Å²) >= 11 is 0. The van der Waals surface area contributed by atoms with Gasteiger partial charge in [0, 0.05) is 13.2 Å². The minimum absolute atomic E-state index is 0.411. The summed E-state index contributed by atoms with van der Waals surface area (Å²) in [6, 6.07) is 0. The van der Waals surface area contributed by atoms with Crippen LogP contribution in [0.4, 0.5) is 0 Å². The fourth-order valence-corrected chi connectivity index (χ4v) is 1.57. The van der Waals surface area contributed by atoms with Crippen LogP contribution in [0.3, 0.4) is 0 Å². The molecule has 0 aliphatic carbocycles. The van der Waals surface area contributed by atoms with Gasteiger partial charge in [-0.3, -0.25) is 0 Å². The summed E-state index contributed by atoms with van der Waals surface area (Å²) in [5.74, 6) is 0. The molecule has 0 unspecified atom stereocenters. The van der Waals surface area contributed by atoms with Gasteiger partial charge in [-0.1, -0.05) is 66.2 Å². The SMILES string of the molecule is [CH2]CCCCCCCCOCCC(C)(C)C. The summed E-state index contributed by atoms with van der Waals surface area (Å²) in [7, 11) is 0. The van der Waals surface area contributed by atoms with E-state index in [9.17, 15) is 0 Å². The quantitative estimate of drug-likeness (QED) is 0.477. The third-order valence-electron chi connectivity index (χ3n) is 2.79. The minimum Gasteiger partial charge on any atom is -0.381 e. The van der Waals surface area contributed by atoms with E-state index in [2.05, 4.69) is 27.7 Å². The van der Waals surface area contributed by atoms with Gasteiger partial charge in [-0.2, -0.15) is 0 Å².